The Hall–Kier alpha value is -1.20. The zero-order valence-corrected chi connectivity index (χ0v) is 11.5. The molecular weight excluding hydrogens is 240 g/mol. The summed E-state index contributed by atoms with van der Waals surface area (Å²) < 4.78 is 0. The molecule has 2 aliphatic rings. The van der Waals surface area contributed by atoms with Crippen molar-refractivity contribution in [3.8, 4) is 0 Å². The largest absolute Gasteiger partial charge is 0.314 e. The lowest BCUT2D eigenvalue weighted by atomic mass is 9.97. The van der Waals surface area contributed by atoms with Gasteiger partial charge in [0.2, 0.25) is 0 Å². The van der Waals surface area contributed by atoms with Crippen molar-refractivity contribution in [2.24, 2.45) is 0 Å². The molecule has 0 amide bonds. The van der Waals surface area contributed by atoms with Gasteiger partial charge in [-0.2, -0.15) is 0 Å². The van der Waals surface area contributed by atoms with Gasteiger partial charge in [-0.05, 0) is 32.6 Å². The van der Waals surface area contributed by atoms with Gasteiger partial charge < -0.3 is 10.3 Å². The second-order valence-electron chi connectivity index (χ2n) is 5.55. The SMILES string of the molecule is CC(c1nc2c(c(=O)[nH]1)CCCC2)N1CCNCC1. The molecule has 0 aromatic carbocycles. The molecule has 1 atom stereocenters. The molecule has 104 valence electrons. The Morgan fingerprint density at radius 2 is 1.95 bits per heavy atom. The first-order valence-corrected chi connectivity index (χ1v) is 7.32. The van der Waals surface area contributed by atoms with Crippen LogP contribution < -0.4 is 10.9 Å². The number of rotatable bonds is 2. The first kappa shape index (κ1) is 12.8. The van der Waals surface area contributed by atoms with Gasteiger partial charge in [-0.15, -0.1) is 0 Å². The van der Waals surface area contributed by atoms with Gasteiger partial charge in [0.15, 0.2) is 0 Å². The van der Waals surface area contributed by atoms with E-state index >= 15 is 0 Å². The Balaban J connectivity index is 1.88. The summed E-state index contributed by atoms with van der Waals surface area (Å²) in [6.45, 7) is 6.20. The summed E-state index contributed by atoms with van der Waals surface area (Å²) in [4.78, 5) is 22.3. The quantitative estimate of drug-likeness (QED) is 0.820. The molecule has 2 N–H and O–H groups in total. The van der Waals surface area contributed by atoms with Crippen LogP contribution in [0.5, 0.6) is 0 Å². The summed E-state index contributed by atoms with van der Waals surface area (Å²) >= 11 is 0. The lowest BCUT2D eigenvalue weighted by Gasteiger charge is -2.32. The maximum absolute atomic E-state index is 12.1. The van der Waals surface area contributed by atoms with Crippen molar-refractivity contribution in [2.75, 3.05) is 26.2 Å². The highest BCUT2D eigenvalue weighted by atomic mass is 16.1. The van der Waals surface area contributed by atoms with Crippen LogP contribution in [0.15, 0.2) is 4.79 Å². The minimum absolute atomic E-state index is 0.0849. The Bertz CT molecular complexity index is 505. The average Bonchev–Trinajstić information content (AvgIpc) is 2.47. The molecule has 3 rings (SSSR count). The lowest BCUT2D eigenvalue weighted by Crippen LogP contribution is -2.45. The van der Waals surface area contributed by atoms with E-state index in [0.29, 0.717) is 0 Å². The van der Waals surface area contributed by atoms with Crippen LogP contribution in [0.1, 0.15) is 42.9 Å². The number of aryl methyl sites for hydroxylation is 1. The van der Waals surface area contributed by atoms with E-state index in [-0.39, 0.29) is 11.6 Å². The van der Waals surface area contributed by atoms with Gasteiger partial charge in [0.1, 0.15) is 5.82 Å². The number of hydrogen-bond donors (Lipinski definition) is 2. The van der Waals surface area contributed by atoms with Gasteiger partial charge in [0, 0.05) is 31.7 Å². The van der Waals surface area contributed by atoms with E-state index in [1.54, 1.807) is 0 Å². The molecule has 1 aliphatic heterocycles. The van der Waals surface area contributed by atoms with Gasteiger partial charge in [-0.3, -0.25) is 9.69 Å². The maximum Gasteiger partial charge on any atom is 0.254 e. The fourth-order valence-electron chi connectivity index (χ4n) is 3.06. The minimum Gasteiger partial charge on any atom is -0.314 e. The fraction of sp³-hybridized carbons (Fsp3) is 0.714. The van der Waals surface area contributed by atoms with E-state index in [1.807, 2.05) is 0 Å². The first-order valence-electron chi connectivity index (χ1n) is 7.32. The molecule has 0 spiro atoms. The summed E-state index contributed by atoms with van der Waals surface area (Å²) in [6, 6.07) is 0.196. The minimum atomic E-state index is 0.0849. The molecule has 5 heteroatoms. The highest BCUT2D eigenvalue weighted by Gasteiger charge is 2.22. The summed E-state index contributed by atoms with van der Waals surface area (Å²) in [7, 11) is 0. The molecule has 19 heavy (non-hydrogen) atoms. The number of fused-ring (bicyclic) bond motifs is 1. The number of aromatic amines is 1. The van der Waals surface area contributed by atoms with Crippen LogP contribution in [0.4, 0.5) is 0 Å². The summed E-state index contributed by atoms with van der Waals surface area (Å²) in [5, 5.41) is 3.35. The van der Waals surface area contributed by atoms with Crippen LogP contribution in [-0.2, 0) is 12.8 Å². The highest BCUT2D eigenvalue weighted by molar-refractivity contribution is 5.21. The van der Waals surface area contributed by atoms with Crippen LogP contribution in [-0.4, -0.2) is 41.0 Å². The lowest BCUT2D eigenvalue weighted by molar-refractivity contribution is 0.178. The second kappa shape index (κ2) is 5.43. The average molecular weight is 262 g/mol. The second-order valence-corrected chi connectivity index (χ2v) is 5.55. The molecule has 1 aliphatic carbocycles. The zero-order valence-electron chi connectivity index (χ0n) is 11.5. The molecule has 0 bridgehead atoms. The van der Waals surface area contributed by atoms with E-state index in [0.717, 1.165) is 68.9 Å². The smallest absolute Gasteiger partial charge is 0.254 e. The van der Waals surface area contributed by atoms with Gasteiger partial charge in [0.05, 0.1) is 11.7 Å². The number of nitrogens with one attached hydrogen (secondary N) is 2. The molecule has 1 unspecified atom stereocenters. The molecule has 0 radical (unpaired) electrons. The number of piperazine rings is 1. The van der Waals surface area contributed by atoms with Crippen molar-refractivity contribution in [1.29, 1.82) is 0 Å². The van der Waals surface area contributed by atoms with Crippen molar-refractivity contribution in [3.63, 3.8) is 0 Å². The zero-order chi connectivity index (χ0) is 13.2. The van der Waals surface area contributed by atoms with Gasteiger partial charge >= 0.3 is 0 Å². The third kappa shape index (κ3) is 2.58. The van der Waals surface area contributed by atoms with Crippen LogP contribution in [0.25, 0.3) is 0 Å². The molecule has 1 saturated heterocycles. The van der Waals surface area contributed by atoms with Crippen LogP contribution in [0, 0.1) is 0 Å². The molecule has 1 aromatic rings. The first-order chi connectivity index (χ1) is 9.25. The van der Waals surface area contributed by atoms with Crippen molar-refractivity contribution in [3.05, 3.63) is 27.4 Å². The van der Waals surface area contributed by atoms with Gasteiger partial charge in [0.25, 0.3) is 5.56 Å². The Labute approximate surface area is 113 Å². The monoisotopic (exact) mass is 262 g/mol. The molecule has 0 saturated carbocycles. The number of nitrogens with zero attached hydrogens (tertiary/aromatic N) is 2. The molecule has 1 fully saturated rings. The highest BCUT2D eigenvalue weighted by Crippen LogP contribution is 2.20. The standard InChI is InChI=1S/C14H22N4O/c1-10(18-8-6-15-7-9-18)13-16-12-5-3-2-4-11(12)14(19)17-13/h10,15H,2-9H2,1H3,(H,16,17,19). The predicted molar refractivity (Wildman–Crippen MR) is 74.4 cm³/mol. The van der Waals surface area contributed by atoms with Crippen LogP contribution >= 0.6 is 0 Å². The van der Waals surface area contributed by atoms with Crippen molar-refractivity contribution < 1.29 is 0 Å². The Morgan fingerprint density at radius 1 is 1.21 bits per heavy atom. The topological polar surface area (TPSA) is 61.0 Å². The molecule has 1 aromatic heterocycles. The third-order valence-electron chi connectivity index (χ3n) is 4.30. The van der Waals surface area contributed by atoms with Crippen LogP contribution in [0.2, 0.25) is 0 Å². The summed E-state index contributed by atoms with van der Waals surface area (Å²) in [6.07, 6.45) is 4.12. The fourth-order valence-corrected chi connectivity index (χ4v) is 3.06. The van der Waals surface area contributed by atoms with Crippen molar-refractivity contribution in [2.45, 2.75) is 38.6 Å². The Kier molecular flexibility index (Phi) is 3.66. The Morgan fingerprint density at radius 3 is 2.74 bits per heavy atom. The van der Waals surface area contributed by atoms with E-state index in [9.17, 15) is 4.79 Å². The van der Waals surface area contributed by atoms with Crippen molar-refractivity contribution in [1.82, 2.24) is 20.2 Å². The number of hydrogen-bond acceptors (Lipinski definition) is 4. The molecule has 5 nitrogen and oxygen atoms in total. The molecular formula is C14H22N4O. The van der Waals surface area contributed by atoms with Gasteiger partial charge in [-0.1, -0.05) is 0 Å². The number of H-pyrrole nitrogens is 1. The summed E-state index contributed by atoms with van der Waals surface area (Å²) in [5.41, 5.74) is 2.04. The van der Waals surface area contributed by atoms with E-state index < -0.39 is 0 Å². The van der Waals surface area contributed by atoms with Crippen molar-refractivity contribution >= 4 is 0 Å². The van der Waals surface area contributed by atoms with Gasteiger partial charge in [-0.25, -0.2) is 4.98 Å². The van der Waals surface area contributed by atoms with E-state index in [1.165, 1.54) is 0 Å². The predicted octanol–water partition coefficient (Wildman–Crippen LogP) is 0.615. The molecule has 2 heterocycles. The summed E-state index contributed by atoms with van der Waals surface area (Å²) in [5.74, 6) is 0.840. The van der Waals surface area contributed by atoms with E-state index in [2.05, 4.69) is 22.1 Å². The maximum atomic E-state index is 12.1. The van der Waals surface area contributed by atoms with Crippen LogP contribution in [0.3, 0.4) is 0 Å². The number of aromatic nitrogens is 2. The van der Waals surface area contributed by atoms with E-state index in [4.69, 9.17) is 4.98 Å². The normalized spacial score (nSPS) is 21.9. The third-order valence-corrected chi connectivity index (χ3v) is 4.30.